The normalized spacial score (nSPS) is 22.2. The zero-order valence-corrected chi connectivity index (χ0v) is 11.2. The third kappa shape index (κ3) is 2.06. The van der Waals surface area contributed by atoms with E-state index in [4.69, 9.17) is 9.47 Å². The van der Waals surface area contributed by atoms with E-state index in [0.717, 1.165) is 5.56 Å². The Morgan fingerprint density at radius 3 is 2.22 bits per heavy atom. The molecule has 1 aromatic carbocycles. The van der Waals surface area contributed by atoms with Crippen molar-refractivity contribution in [3.05, 3.63) is 35.9 Å². The maximum Gasteiger partial charge on any atom is 0.193 e. The van der Waals surface area contributed by atoms with Gasteiger partial charge in [-0.05, 0) is 12.5 Å². The zero-order chi connectivity index (χ0) is 13.2. The van der Waals surface area contributed by atoms with Crippen LogP contribution in [-0.2, 0) is 15.0 Å². The van der Waals surface area contributed by atoms with Gasteiger partial charge in [-0.1, -0.05) is 30.3 Å². The first-order valence-corrected chi connectivity index (χ1v) is 6.12. The van der Waals surface area contributed by atoms with Gasteiger partial charge in [0.1, 0.15) is 0 Å². The highest BCUT2D eigenvalue weighted by atomic mass is 16.7. The van der Waals surface area contributed by atoms with E-state index in [1.807, 2.05) is 37.3 Å². The first kappa shape index (κ1) is 13.5. The highest BCUT2D eigenvalue weighted by Gasteiger charge is 2.51. The van der Waals surface area contributed by atoms with Crippen LogP contribution in [-0.4, -0.2) is 49.7 Å². The van der Waals surface area contributed by atoms with Crippen LogP contribution < -0.4 is 0 Å². The fraction of sp³-hybridized carbons (Fsp3) is 0.571. The Kier molecular flexibility index (Phi) is 3.73. The predicted octanol–water partition coefficient (Wildman–Crippen LogP) is 1.20. The van der Waals surface area contributed by atoms with Gasteiger partial charge in [-0.3, -0.25) is 4.90 Å². The van der Waals surface area contributed by atoms with Crippen LogP contribution in [0, 0.1) is 0 Å². The summed E-state index contributed by atoms with van der Waals surface area (Å²) in [7, 11) is 3.30. The number of aliphatic hydroxyl groups excluding tert-OH is 1. The minimum Gasteiger partial charge on any atom is -0.394 e. The van der Waals surface area contributed by atoms with Crippen molar-refractivity contribution in [1.82, 2.24) is 4.90 Å². The maximum absolute atomic E-state index is 9.77. The Morgan fingerprint density at radius 2 is 1.78 bits per heavy atom. The molecule has 1 N–H and O–H groups in total. The quantitative estimate of drug-likeness (QED) is 0.798. The summed E-state index contributed by atoms with van der Waals surface area (Å²) in [6.45, 7) is 3.43. The first-order chi connectivity index (χ1) is 8.60. The van der Waals surface area contributed by atoms with Gasteiger partial charge in [0, 0.05) is 14.2 Å². The second kappa shape index (κ2) is 4.97. The Morgan fingerprint density at radius 1 is 1.22 bits per heavy atom. The molecule has 1 aliphatic heterocycles. The SMILES string of the molecule is COC1(OC)CN(C(C)(CO)c2ccccc2)C1. The molecule has 1 unspecified atom stereocenters. The number of methoxy groups -OCH3 is 2. The number of hydrogen-bond donors (Lipinski definition) is 1. The Balaban J connectivity index is 2.16. The lowest BCUT2D eigenvalue weighted by Crippen LogP contribution is -2.69. The average molecular weight is 251 g/mol. The third-order valence-corrected chi connectivity index (χ3v) is 4.01. The molecule has 1 fully saturated rings. The molecule has 0 saturated carbocycles. The van der Waals surface area contributed by atoms with Gasteiger partial charge in [-0.25, -0.2) is 0 Å². The topological polar surface area (TPSA) is 41.9 Å². The second-order valence-electron chi connectivity index (χ2n) is 4.97. The fourth-order valence-electron chi connectivity index (χ4n) is 2.40. The summed E-state index contributed by atoms with van der Waals surface area (Å²) in [6, 6.07) is 10.0. The fourth-order valence-corrected chi connectivity index (χ4v) is 2.40. The first-order valence-electron chi connectivity index (χ1n) is 6.12. The van der Waals surface area contributed by atoms with Crippen LogP contribution >= 0.6 is 0 Å². The monoisotopic (exact) mass is 251 g/mol. The van der Waals surface area contributed by atoms with Crippen molar-refractivity contribution in [2.24, 2.45) is 0 Å². The van der Waals surface area contributed by atoms with Crippen LogP contribution in [0.3, 0.4) is 0 Å². The van der Waals surface area contributed by atoms with E-state index >= 15 is 0 Å². The molecule has 1 heterocycles. The summed E-state index contributed by atoms with van der Waals surface area (Å²) in [5.74, 6) is -0.523. The van der Waals surface area contributed by atoms with Gasteiger partial charge in [-0.15, -0.1) is 0 Å². The summed E-state index contributed by atoms with van der Waals surface area (Å²) in [6.07, 6.45) is 0. The number of likely N-dealkylation sites (tertiary alicyclic amines) is 1. The van der Waals surface area contributed by atoms with Crippen LogP contribution in [0.1, 0.15) is 12.5 Å². The second-order valence-corrected chi connectivity index (χ2v) is 4.97. The molecule has 1 saturated heterocycles. The Bertz CT molecular complexity index is 383. The van der Waals surface area contributed by atoms with E-state index in [1.165, 1.54) is 0 Å². The smallest absolute Gasteiger partial charge is 0.193 e. The van der Waals surface area contributed by atoms with E-state index in [2.05, 4.69) is 4.90 Å². The summed E-state index contributed by atoms with van der Waals surface area (Å²) in [4.78, 5) is 2.18. The molecule has 4 nitrogen and oxygen atoms in total. The van der Waals surface area contributed by atoms with Gasteiger partial charge < -0.3 is 14.6 Å². The standard InChI is InChI=1S/C14H21NO3/c1-13(11-16,12-7-5-4-6-8-12)15-9-14(10-15,17-2)18-3/h4-8,16H,9-11H2,1-3H3. The molecule has 100 valence electrons. The van der Waals surface area contributed by atoms with Crippen LogP contribution in [0.15, 0.2) is 30.3 Å². The molecule has 1 aromatic rings. The van der Waals surface area contributed by atoms with Crippen LogP contribution in [0.4, 0.5) is 0 Å². The molecule has 4 heteroatoms. The summed E-state index contributed by atoms with van der Waals surface area (Å²) in [5, 5.41) is 9.77. The van der Waals surface area contributed by atoms with E-state index < -0.39 is 5.79 Å². The molecule has 0 radical (unpaired) electrons. The molecule has 1 aliphatic rings. The maximum atomic E-state index is 9.77. The lowest BCUT2D eigenvalue weighted by molar-refractivity contribution is -0.295. The van der Waals surface area contributed by atoms with Crippen molar-refractivity contribution in [1.29, 1.82) is 0 Å². The van der Waals surface area contributed by atoms with E-state index in [0.29, 0.717) is 13.1 Å². The van der Waals surface area contributed by atoms with Crippen molar-refractivity contribution in [3.8, 4) is 0 Å². The van der Waals surface area contributed by atoms with Gasteiger partial charge in [0.05, 0.1) is 25.2 Å². The molecule has 0 amide bonds. The van der Waals surface area contributed by atoms with Gasteiger partial charge in [0.25, 0.3) is 0 Å². The predicted molar refractivity (Wildman–Crippen MR) is 69.2 cm³/mol. The van der Waals surface area contributed by atoms with Gasteiger partial charge in [0.2, 0.25) is 0 Å². The lowest BCUT2D eigenvalue weighted by atomic mass is 9.86. The van der Waals surface area contributed by atoms with Gasteiger partial charge in [-0.2, -0.15) is 0 Å². The zero-order valence-electron chi connectivity index (χ0n) is 11.2. The van der Waals surface area contributed by atoms with Crippen molar-refractivity contribution in [3.63, 3.8) is 0 Å². The van der Waals surface area contributed by atoms with E-state index in [-0.39, 0.29) is 12.1 Å². The molecule has 0 aromatic heterocycles. The minimum absolute atomic E-state index is 0.0700. The number of rotatable bonds is 5. The highest BCUT2D eigenvalue weighted by Crippen LogP contribution is 2.37. The largest absolute Gasteiger partial charge is 0.394 e. The molecule has 0 bridgehead atoms. The summed E-state index contributed by atoms with van der Waals surface area (Å²) < 4.78 is 10.8. The minimum atomic E-state index is -0.523. The van der Waals surface area contributed by atoms with Crippen molar-refractivity contribution in [2.45, 2.75) is 18.2 Å². The molecular formula is C14H21NO3. The van der Waals surface area contributed by atoms with Gasteiger partial charge >= 0.3 is 0 Å². The molecule has 0 aliphatic carbocycles. The summed E-state index contributed by atoms with van der Waals surface area (Å²) >= 11 is 0. The Labute approximate surface area is 108 Å². The third-order valence-electron chi connectivity index (χ3n) is 4.01. The molecular weight excluding hydrogens is 230 g/mol. The van der Waals surface area contributed by atoms with Crippen molar-refractivity contribution >= 4 is 0 Å². The van der Waals surface area contributed by atoms with Crippen LogP contribution in [0.25, 0.3) is 0 Å². The number of ether oxygens (including phenoxy) is 2. The van der Waals surface area contributed by atoms with Gasteiger partial charge in [0.15, 0.2) is 5.79 Å². The van der Waals surface area contributed by atoms with E-state index in [1.54, 1.807) is 14.2 Å². The number of nitrogens with zero attached hydrogens (tertiary/aromatic N) is 1. The van der Waals surface area contributed by atoms with Crippen molar-refractivity contribution < 1.29 is 14.6 Å². The highest BCUT2D eigenvalue weighted by molar-refractivity contribution is 5.25. The Hall–Kier alpha value is -0.940. The van der Waals surface area contributed by atoms with Crippen molar-refractivity contribution in [2.75, 3.05) is 33.9 Å². The summed E-state index contributed by atoms with van der Waals surface area (Å²) in [5.41, 5.74) is 0.718. The molecule has 0 spiro atoms. The lowest BCUT2D eigenvalue weighted by Gasteiger charge is -2.55. The number of benzene rings is 1. The number of hydrogen-bond acceptors (Lipinski definition) is 4. The molecule has 2 rings (SSSR count). The molecule has 18 heavy (non-hydrogen) atoms. The number of aliphatic hydroxyl groups is 1. The molecule has 1 atom stereocenters. The van der Waals surface area contributed by atoms with E-state index in [9.17, 15) is 5.11 Å². The average Bonchev–Trinajstić information content (AvgIpc) is 2.39. The van der Waals surface area contributed by atoms with Crippen LogP contribution in [0.5, 0.6) is 0 Å². The van der Waals surface area contributed by atoms with Crippen LogP contribution in [0.2, 0.25) is 0 Å².